The van der Waals surface area contributed by atoms with Crippen LogP contribution in [-0.4, -0.2) is 81.9 Å². The van der Waals surface area contributed by atoms with E-state index in [2.05, 4.69) is 15.0 Å². The van der Waals surface area contributed by atoms with Gasteiger partial charge in [0.1, 0.15) is 6.04 Å². The Morgan fingerprint density at radius 2 is 1.83 bits per heavy atom. The zero-order valence-corrected chi connectivity index (χ0v) is 24.0. The Hall–Kier alpha value is -3.86. The lowest BCUT2D eigenvalue weighted by Crippen LogP contribution is -2.54. The Morgan fingerprint density at radius 3 is 2.57 bits per heavy atom. The number of para-hydroxylation sites is 1. The Labute approximate surface area is 245 Å². The van der Waals surface area contributed by atoms with Crippen molar-refractivity contribution in [1.29, 1.82) is 5.41 Å². The molecule has 1 aliphatic heterocycles. The number of amides is 1. The van der Waals surface area contributed by atoms with Crippen LogP contribution in [0.3, 0.4) is 0 Å². The number of nitrogens with one attached hydrogen (secondary N) is 4. The van der Waals surface area contributed by atoms with Gasteiger partial charge in [0, 0.05) is 36.7 Å². The zero-order valence-electron chi connectivity index (χ0n) is 22.4. The van der Waals surface area contributed by atoms with E-state index in [-0.39, 0.29) is 29.9 Å². The third kappa shape index (κ3) is 8.12. The van der Waals surface area contributed by atoms with Gasteiger partial charge in [-0.1, -0.05) is 48.5 Å². The number of carbonyl (C=O) groups excluding carboxylic acids is 1. The van der Waals surface area contributed by atoms with E-state index >= 15 is 0 Å². The van der Waals surface area contributed by atoms with Crippen LogP contribution >= 0.6 is 0 Å². The van der Waals surface area contributed by atoms with Crippen LogP contribution < -0.4 is 15.8 Å². The van der Waals surface area contributed by atoms with Gasteiger partial charge >= 0.3 is 0 Å². The van der Waals surface area contributed by atoms with Crippen LogP contribution in [0.15, 0.2) is 77.8 Å². The summed E-state index contributed by atoms with van der Waals surface area (Å²) in [6, 6.07) is 19.0. The van der Waals surface area contributed by atoms with Gasteiger partial charge in [-0.15, -0.1) is 0 Å². The highest BCUT2D eigenvalue weighted by Gasteiger charge is 2.29. The van der Waals surface area contributed by atoms with E-state index in [1.165, 1.54) is 6.07 Å². The Morgan fingerprint density at radius 1 is 1.14 bits per heavy atom. The molecule has 1 amide bonds. The van der Waals surface area contributed by atoms with E-state index in [9.17, 15) is 13.2 Å². The number of morpholine rings is 1. The van der Waals surface area contributed by atoms with Crippen LogP contribution in [0, 0.1) is 5.41 Å². The van der Waals surface area contributed by atoms with Gasteiger partial charge < -0.3 is 25.7 Å². The average molecular weight is 617 g/mol. The molecule has 0 spiro atoms. The molecule has 4 aromatic rings. The zero-order chi connectivity index (χ0) is 30.3. The Kier molecular flexibility index (Phi) is 10.3. The van der Waals surface area contributed by atoms with Gasteiger partial charge in [0.05, 0.1) is 17.6 Å². The van der Waals surface area contributed by atoms with Gasteiger partial charge in [0.15, 0.2) is 5.96 Å². The Balaban J connectivity index is 0.000000952. The van der Waals surface area contributed by atoms with Crippen molar-refractivity contribution < 1.29 is 31.3 Å². The molecule has 1 aliphatic rings. The summed E-state index contributed by atoms with van der Waals surface area (Å²) in [6.45, 7) is 1.41. The van der Waals surface area contributed by atoms with Crippen LogP contribution in [0.5, 0.6) is 0 Å². The molecule has 5 rings (SSSR count). The molecule has 1 unspecified atom stereocenters. The molecule has 8 N–H and O–H groups in total. The number of rotatable bonds is 8. The van der Waals surface area contributed by atoms with Gasteiger partial charge in [-0.25, -0.2) is 8.42 Å². The second kappa shape index (κ2) is 13.9. The summed E-state index contributed by atoms with van der Waals surface area (Å²) in [5.41, 5.74) is 7.32. The predicted octanol–water partition coefficient (Wildman–Crippen LogP) is 1.60. The lowest BCUT2D eigenvalue weighted by Gasteiger charge is -2.33. The summed E-state index contributed by atoms with van der Waals surface area (Å²) < 4.78 is 58.1. The van der Waals surface area contributed by atoms with Crippen molar-refractivity contribution in [3.8, 4) is 0 Å². The van der Waals surface area contributed by atoms with Crippen LogP contribution in [0.25, 0.3) is 21.7 Å². The van der Waals surface area contributed by atoms with Gasteiger partial charge in [0.25, 0.3) is 11.4 Å². The molecule has 2 atom stereocenters. The smallest absolute Gasteiger partial charge is 0.299 e. The normalized spacial score (nSPS) is 16.2. The summed E-state index contributed by atoms with van der Waals surface area (Å²) >= 11 is -2.61. The van der Waals surface area contributed by atoms with Crippen LogP contribution in [0.2, 0.25) is 0 Å². The van der Waals surface area contributed by atoms with Gasteiger partial charge in [-0.05, 0) is 41.0 Å². The van der Waals surface area contributed by atoms with Crippen molar-refractivity contribution in [2.24, 2.45) is 5.73 Å². The molecule has 1 saturated heterocycles. The summed E-state index contributed by atoms with van der Waals surface area (Å²) in [4.78, 5) is 18.3. The number of nitrogens with zero attached hydrogens (tertiary/aromatic N) is 1. The minimum Gasteiger partial charge on any atom is -0.373 e. The second-order valence-corrected chi connectivity index (χ2v) is 11.7. The van der Waals surface area contributed by atoms with E-state index in [0.717, 1.165) is 27.2 Å². The van der Waals surface area contributed by atoms with E-state index in [1.54, 1.807) is 23.2 Å². The molecular formula is C27H32N6O7S2. The predicted molar refractivity (Wildman–Crippen MR) is 160 cm³/mol. The summed E-state index contributed by atoms with van der Waals surface area (Å²) in [7, 11) is -4.02. The third-order valence-corrected chi connectivity index (χ3v) is 8.20. The molecule has 3 aromatic carbocycles. The molecule has 224 valence electrons. The first-order valence-corrected chi connectivity index (χ1v) is 15.4. The second-order valence-electron chi connectivity index (χ2n) is 9.55. The van der Waals surface area contributed by atoms with Crippen molar-refractivity contribution in [1.82, 2.24) is 19.9 Å². The molecule has 0 aliphatic carbocycles. The minimum absolute atomic E-state index is 0.0509. The number of nitrogens with two attached hydrogens (primary N) is 1. The quantitative estimate of drug-likeness (QED) is 0.0869. The average Bonchev–Trinajstić information content (AvgIpc) is 3.37. The summed E-state index contributed by atoms with van der Waals surface area (Å²) in [5.74, 6) is -0.520. The highest BCUT2D eigenvalue weighted by atomic mass is 32.2. The van der Waals surface area contributed by atoms with Gasteiger partial charge in [0.2, 0.25) is 15.9 Å². The number of carbonyl (C=O) groups is 1. The first-order chi connectivity index (χ1) is 20.0. The number of aromatic nitrogens is 1. The third-order valence-electron chi connectivity index (χ3n) is 6.73. The summed E-state index contributed by atoms with van der Waals surface area (Å²) in [5, 5.41) is 13.1. The molecule has 13 nitrogen and oxygen atoms in total. The molecule has 1 fully saturated rings. The Bertz CT molecular complexity index is 1690. The van der Waals surface area contributed by atoms with E-state index in [4.69, 9.17) is 29.2 Å². The molecule has 0 saturated carbocycles. The number of ether oxygens (including phenoxy) is 1. The topological polar surface area (TPSA) is 211 Å². The SMILES string of the molecule is N=C(N)N1CCO[C@H](CNC(=O)C(Cc2c[nH]c3ccccc23)NS(=O)(=O)c2ccc3ccccc3c2)C1.O=S(O)O. The number of guanidine groups is 1. The molecular weight excluding hydrogens is 584 g/mol. The minimum atomic E-state index is -4.02. The maximum Gasteiger partial charge on any atom is 0.299 e. The fourth-order valence-corrected chi connectivity index (χ4v) is 5.93. The number of hydrogen-bond donors (Lipinski definition) is 7. The molecule has 1 aromatic heterocycles. The van der Waals surface area contributed by atoms with Gasteiger partial charge in [-0.2, -0.15) is 8.93 Å². The number of H-pyrrole nitrogens is 1. The number of hydrogen-bond acceptors (Lipinski definition) is 6. The fourth-order valence-electron chi connectivity index (χ4n) is 4.70. The molecule has 0 radical (unpaired) electrons. The summed E-state index contributed by atoms with van der Waals surface area (Å²) in [6.07, 6.45) is 1.57. The maximum atomic E-state index is 13.4. The lowest BCUT2D eigenvalue weighted by atomic mass is 10.0. The van der Waals surface area contributed by atoms with Crippen LogP contribution in [0.1, 0.15) is 5.56 Å². The highest BCUT2D eigenvalue weighted by molar-refractivity contribution is 7.89. The van der Waals surface area contributed by atoms with Crippen molar-refractivity contribution in [2.75, 3.05) is 26.2 Å². The van der Waals surface area contributed by atoms with Crippen molar-refractivity contribution in [2.45, 2.75) is 23.5 Å². The van der Waals surface area contributed by atoms with Crippen molar-refractivity contribution >= 4 is 54.9 Å². The standard InChI is InChI=1S/C27H30N6O4S.H2O3S/c28-27(29)33-11-12-37-21(17-33)16-31-26(34)25(14-20-15-30-24-8-4-3-7-23(20)24)32-38(35,36)22-10-9-18-5-1-2-6-19(18)13-22;1-4(2)3/h1-10,13,15,21,25,30,32H,11-12,14,16-17H2,(H3,28,29)(H,31,34);(H2,1,2,3)/t21-,25?;/m1./s1. The molecule has 2 heterocycles. The molecule has 0 bridgehead atoms. The molecule has 42 heavy (non-hydrogen) atoms. The lowest BCUT2D eigenvalue weighted by molar-refractivity contribution is -0.123. The van der Waals surface area contributed by atoms with Crippen molar-refractivity contribution in [3.05, 3.63) is 78.5 Å². The van der Waals surface area contributed by atoms with Crippen molar-refractivity contribution in [3.63, 3.8) is 0 Å². The van der Waals surface area contributed by atoms with Gasteiger partial charge in [-0.3, -0.25) is 19.3 Å². The first-order valence-electron chi connectivity index (χ1n) is 12.9. The molecule has 15 heteroatoms. The number of sulfonamides is 1. The highest BCUT2D eigenvalue weighted by Crippen LogP contribution is 2.22. The fraction of sp³-hybridized carbons (Fsp3) is 0.259. The monoisotopic (exact) mass is 616 g/mol. The number of fused-ring (bicyclic) bond motifs is 2. The maximum absolute atomic E-state index is 13.4. The van der Waals surface area contributed by atoms with Crippen LogP contribution in [0.4, 0.5) is 0 Å². The largest absolute Gasteiger partial charge is 0.373 e. The van der Waals surface area contributed by atoms with E-state index < -0.39 is 33.3 Å². The van der Waals surface area contributed by atoms with E-state index in [1.807, 2.05) is 48.5 Å². The van der Waals surface area contributed by atoms with E-state index in [0.29, 0.717) is 19.7 Å². The van der Waals surface area contributed by atoms with Crippen LogP contribution in [-0.2, 0) is 37.3 Å². The number of aromatic amines is 1. The first kappa shape index (κ1) is 31.1. The number of benzene rings is 3.